The van der Waals surface area contributed by atoms with Crippen LogP contribution in [0.15, 0.2) is 42.5 Å². The van der Waals surface area contributed by atoms with Crippen LogP contribution in [0.25, 0.3) is 11.1 Å². The summed E-state index contributed by atoms with van der Waals surface area (Å²) in [4.78, 5) is 28.7. The maximum absolute atomic E-state index is 14.0. The number of nitrogens with zero attached hydrogens (tertiary/aromatic N) is 2. The number of carbonyl (C=O) groups is 2. The number of hydrogen-bond acceptors (Lipinski definition) is 4. The average Bonchev–Trinajstić information content (AvgIpc) is 3.02. The molecule has 1 aliphatic carbocycles. The van der Waals surface area contributed by atoms with E-state index in [0.717, 1.165) is 6.07 Å². The molecule has 2 saturated heterocycles. The molecule has 174 valence electrons. The van der Waals surface area contributed by atoms with E-state index in [-0.39, 0.29) is 52.7 Å². The van der Waals surface area contributed by atoms with Gasteiger partial charge >= 0.3 is 6.18 Å². The lowest BCUT2D eigenvalue weighted by Gasteiger charge is -2.42. The minimum absolute atomic E-state index is 0.0382. The number of hydrogen-bond donors (Lipinski definition) is 2. The Kier molecular flexibility index (Phi) is 5.02. The van der Waals surface area contributed by atoms with Gasteiger partial charge in [0.05, 0.1) is 12.0 Å². The van der Waals surface area contributed by atoms with E-state index in [0.29, 0.717) is 25.9 Å². The van der Waals surface area contributed by atoms with Crippen LogP contribution in [0.4, 0.5) is 13.2 Å². The van der Waals surface area contributed by atoms with Crippen molar-refractivity contribution in [2.24, 2.45) is 5.92 Å². The van der Waals surface area contributed by atoms with Gasteiger partial charge in [-0.1, -0.05) is 30.3 Å². The van der Waals surface area contributed by atoms with Crippen molar-refractivity contribution in [1.29, 1.82) is 0 Å². The minimum Gasteiger partial charge on any atom is -0.393 e. The molecular weight excluding hydrogens is 437 g/mol. The van der Waals surface area contributed by atoms with E-state index in [9.17, 15) is 33.0 Å². The molecule has 0 unspecified atom stereocenters. The SMILES string of the molecule is O=C(c1ccc2c(c1)[C@@](O)(C(F)(F)F)c1ccccc1-2)N1CC(C(=O)N2CCC(O)CC2)C1. The lowest BCUT2D eigenvalue weighted by atomic mass is 9.89. The van der Waals surface area contributed by atoms with Crippen LogP contribution >= 0.6 is 0 Å². The first-order valence-corrected chi connectivity index (χ1v) is 10.9. The first-order chi connectivity index (χ1) is 15.6. The number of aliphatic hydroxyl groups is 2. The number of likely N-dealkylation sites (tertiary alicyclic amines) is 2. The molecule has 1 atom stereocenters. The molecule has 9 heteroatoms. The third-order valence-corrected chi connectivity index (χ3v) is 6.97. The summed E-state index contributed by atoms with van der Waals surface area (Å²) in [5, 5.41) is 20.4. The van der Waals surface area contributed by atoms with Crippen molar-refractivity contribution >= 4 is 11.8 Å². The Morgan fingerprint density at radius 2 is 1.58 bits per heavy atom. The van der Waals surface area contributed by atoms with E-state index in [2.05, 4.69) is 0 Å². The van der Waals surface area contributed by atoms with Gasteiger partial charge in [0.15, 0.2) is 0 Å². The molecule has 0 saturated carbocycles. The van der Waals surface area contributed by atoms with Gasteiger partial charge in [-0.05, 0) is 36.1 Å². The van der Waals surface area contributed by atoms with Gasteiger partial charge in [-0.2, -0.15) is 13.2 Å². The second kappa shape index (κ2) is 7.56. The van der Waals surface area contributed by atoms with Crippen LogP contribution in [0, 0.1) is 5.92 Å². The molecule has 2 amide bonds. The number of benzene rings is 2. The standard InChI is InChI=1S/C24H23F3N2O4/c25-24(26,27)23(33)19-4-2-1-3-17(19)18-6-5-14(11-20(18)23)21(31)29-12-15(13-29)22(32)28-9-7-16(30)8-10-28/h1-6,11,15-16,30,33H,7-10,12-13H2/t23-/m1/s1. The van der Waals surface area contributed by atoms with Crippen LogP contribution in [0.3, 0.4) is 0 Å². The highest BCUT2D eigenvalue weighted by Crippen LogP contribution is 2.55. The number of piperidine rings is 1. The van der Waals surface area contributed by atoms with E-state index >= 15 is 0 Å². The van der Waals surface area contributed by atoms with Crippen molar-refractivity contribution < 1.29 is 33.0 Å². The summed E-state index contributed by atoms with van der Waals surface area (Å²) in [6, 6.07) is 9.82. The first kappa shape index (κ1) is 21.9. The van der Waals surface area contributed by atoms with Crippen LogP contribution in [0.1, 0.15) is 34.3 Å². The third kappa shape index (κ3) is 3.33. The van der Waals surface area contributed by atoms with Gasteiger partial charge in [0.1, 0.15) is 0 Å². The fourth-order valence-corrected chi connectivity index (χ4v) is 5.02. The van der Waals surface area contributed by atoms with Crippen molar-refractivity contribution in [3.8, 4) is 11.1 Å². The van der Waals surface area contributed by atoms with E-state index in [1.54, 1.807) is 11.0 Å². The molecule has 2 fully saturated rings. The zero-order chi connectivity index (χ0) is 23.5. The topological polar surface area (TPSA) is 81.1 Å². The lowest BCUT2D eigenvalue weighted by Crippen LogP contribution is -2.57. The van der Waals surface area contributed by atoms with Crippen LogP contribution in [-0.4, -0.2) is 70.3 Å². The van der Waals surface area contributed by atoms with Gasteiger partial charge < -0.3 is 20.0 Å². The summed E-state index contributed by atoms with van der Waals surface area (Å²) in [6.45, 7) is 1.34. The molecule has 3 aliphatic rings. The second-order valence-corrected chi connectivity index (χ2v) is 8.98. The number of fused-ring (bicyclic) bond motifs is 3. The minimum atomic E-state index is -4.97. The van der Waals surface area contributed by atoms with Crippen molar-refractivity contribution in [2.75, 3.05) is 26.2 Å². The van der Waals surface area contributed by atoms with Gasteiger partial charge in [0.25, 0.3) is 5.91 Å². The number of carbonyl (C=O) groups excluding carboxylic acids is 2. The molecule has 0 aromatic heterocycles. The van der Waals surface area contributed by atoms with E-state index < -0.39 is 23.8 Å². The Bertz CT molecular complexity index is 1120. The Morgan fingerprint density at radius 1 is 0.939 bits per heavy atom. The second-order valence-electron chi connectivity index (χ2n) is 8.98. The third-order valence-electron chi connectivity index (χ3n) is 6.97. The number of aliphatic hydroxyl groups excluding tert-OH is 1. The number of alkyl halides is 3. The molecule has 0 bridgehead atoms. The lowest BCUT2D eigenvalue weighted by molar-refractivity contribution is -0.246. The van der Waals surface area contributed by atoms with Crippen LogP contribution in [-0.2, 0) is 10.4 Å². The predicted molar refractivity (Wildman–Crippen MR) is 112 cm³/mol. The summed E-state index contributed by atoms with van der Waals surface area (Å²) >= 11 is 0. The van der Waals surface area contributed by atoms with Crippen LogP contribution in [0.5, 0.6) is 0 Å². The normalized spacial score (nSPS) is 23.2. The van der Waals surface area contributed by atoms with Gasteiger partial charge in [-0.15, -0.1) is 0 Å². The molecule has 6 nitrogen and oxygen atoms in total. The molecule has 0 spiro atoms. The smallest absolute Gasteiger partial charge is 0.393 e. The van der Waals surface area contributed by atoms with E-state index in [4.69, 9.17) is 0 Å². The maximum Gasteiger partial charge on any atom is 0.425 e. The molecular formula is C24H23F3N2O4. The summed E-state index contributed by atoms with van der Waals surface area (Å²) in [6.07, 6.45) is -4.30. The Morgan fingerprint density at radius 3 is 2.24 bits per heavy atom. The molecule has 2 aliphatic heterocycles. The van der Waals surface area contributed by atoms with Gasteiger partial charge in [0.2, 0.25) is 11.5 Å². The fraction of sp³-hybridized carbons (Fsp3) is 0.417. The predicted octanol–water partition coefficient (Wildman–Crippen LogP) is 2.52. The van der Waals surface area contributed by atoms with Crippen molar-refractivity contribution in [1.82, 2.24) is 9.80 Å². The highest BCUT2D eigenvalue weighted by molar-refractivity contribution is 5.97. The van der Waals surface area contributed by atoms with Crippen LogP contribution < -0.4 is 0 Å². The Hall–Kier alpha value is -2.91. The summed E-state index contributed by atoms with van der Waals surface area (Å²) in [5.41, 5.74) is -3.24. The zero-order valence-electron chi connectivity index (χ0n) is 17.7. The number of rotatable bonds is 2. The summed E-state index contributed by atoms with van der Waals surface area (Å²) < 4.78 is 42.0. The fourth-order valence-electron chi connectivity index (χ4n) is 5.02. The molecule has 2 aromatic carbocycles. The maximum atomic E-state index is 14.0. The van der Waals surface area contributed by atoms with Crippen molar-refractivity contribution in [3.05, 3.63) is 59.2 Å². The zero-order valence-corrected chi connectivity index (χ0v) is 17.7. The first-order valence-electron chi connectivity index (χ1n) is 10.9. The van der Waals surface area contributed by atoms with E-state index in [1.807, 2.05) is 0 Å². The molecule has 0 radical (unpaired) electrons. The highest BCUT2D eigenvalue weighted by Gasteiger charge is 2.60. The van der Waals surface area contributed by atoms with Gasteiger partial charge in [0, 0.05) is 42.9 Å². The summed E-state index contributed by atoms with van der Waals surface area (Å²) in [7, 11) is 0. The number of halogens is 3. The summed E-state index contributed by atoms with van der Waals surface area (Å²) in [5.74, 6) is -0.895. The molecule has 2 N–H and O–H groups in total. The van der Waals surface area contributed by atoms with E-state index in [1.165, 1.54) is 35.2 Å². The average molecular weight is 460 g/mol. The van der Waals surface area contributed by atoms with Crippen molar-refractivity contribution in [2.45, 2.75) is 30.7 Å². The van der Waals surface area contributed by atoms with Gasteiger partial charge in [-0.3, -0.25) is 9.59 Å². The monoisotopic (exact) mass is 460 g/mol. The molecule has 2 aromatic rings. The number of amides is 2. The highest BCUT2D eigenvalue weighted by atomic mass is 19.4. The largest absolute Gasteiger partial charge is 0.425 e. The Balaban J connectivity index is 1.35. The molecule has 2 heterocycles. The van der Waals surface area contributed by atoms with Gasteiger partial charge in [-0.25, -0.2) is 0 Å². The van der Waals surface area contributed by atoms with Crippen molar-refractivity contribution in [3.63, 3.8) is 0 Å². The Labute approximate surface area is 188 Å². The molecule has 33 heavy (non-hydrogen) atoms. The quantitative estimate of drug-likeness (QED) is 0.722. The van der Waals surface area contributed by atoms with Crippen LogP contribution in [0.2, 0.25) is 0 Å². The molecule has 5 rings (SSSR count).